The van der Waals surface area contributed by atoms with Gasteiger partial charge >= 0.3 is 0 Å². The molecule has 0 spiro atoms. The monoisotopic (exact) mass is 624 g/mol. The van der Waals surface area contributed by atoms with Crippen LogP contribution in [0.1, 0.15) is 13.8 Å². The maximum absolute atomic E-state index is 9.19. The molecule has 0 aliphatic carbocycles. The summed E-state index contributed by atoms with van der Waals surface area (Å²) in [5.41, 5.74) is 5.28. The van der Waals surface area contributed by atoms with Crippen molar-refractivity contribution in [3.63, 3.8) is 0 Å². The minimum Gasteiger partial charge on any atom is -0.473 e. The van der Waals surface area contributed by atoms with Crippen LogP contribution in [0, 0.1) is 0 Å². The molecule has 0 aliphatic rings. The second-order valence-corrected chi connectivity index (χ2v) is 11.6. The molecular weight excluding hydrogens is 592 g/mol. The van der Waals surface area contributed by atoms with Crippen LogP contribution >= 0.6 is 0 Å². The summed E-state index contributed by atoms with van der Waals surface area (Å²) in [6, 6.07) is 18.3. The van der Waals surface area contributed by atoms with Crippen molar-refractivity contribution in [3.05, 3.63) is 67.1 Å². The topological polar surface area (TPSA) is 260 Å². The number of H-pyrrole nitrogens is 1. The normalized spacial score (nSPS) is 10.8. The lowest BCUT2D eigenvalue weighted by Crippen LogP contribution is -2.09. The van der Waals surface area contributed by atoms with Gasteiger partial charge in [0.25, 0.3) is 20.2 Å². The highest BCUT2D eigenvalue weighted by Crippen LogP contribution is 2.30. The molecule has 0 fully saturated rings. The van der Waals surface area contributed by atoms with Crippen LogP contribution < -0.4 is 10.1 Å². The number of nitrogens with zero attached hydrogens (tertiary/aromatic N) is 4. The van der Waals surface area contributed by atoms with Gasteiger partial charge in [0.05, 0.1) is 30.5 Å². The summed E-state index contributed by atoms with van der Waals surface area (Å²) in [7, 11) is -7.33. The summed E-state index contributed by atoms with van der Waals surface area (Å²) in [6.07, 6.45) is 4.84. The number of rotatable bonds is 5. The van der Waals surface area contributed by atoms with Crippen LogP contribution in [0.2, 0.25) is 0 Å². The lowest BCUT2D eigenvalue weighted by molar-refractivity contribution is 0.235. The van der Waals surface area contributed by atoms with E-state index in [1.54, 1.807) is 6.33 Å². The van der Waals surface area contributed by atoms with Gasteiger partial charge in [0.2, 0.25) is 11.8 Å². The Balaban J connectivity index is 0.000000640. The fraction of sp³-hybridized carbons (Fsp3) is 0.200. The molecule has 0 unspecified atom stereocenters. The number of pyridine rings is 1. The van der Waals surface area contributed by atoms with Crippen LogP contribution in [0.4, 0.5) is 11.6 Å². The Labute approximate surface area is 242 Å². The SMILES string of the molecule is CC(C)Oc1nc(Nc2ccc3nccc(-c4ccccc4)c3c2)nc2nc[nH]c12.CS(=O)(=O)O.CS(=O)(=O)O.O.O. The standard InChI is InChI=1S/C23H20N6O.2CH4O3S.2H2O/c1-14(2)30-22-20-21(26-13-25-20)28-23(29-22)27-16-8-9-19-18(12-16)17(10-11-24-19)15-6-4-3-5-7-15;2*1-5(2,3)4;;/h3-14H,1-2H3,(H2,25,26,27,28,29);2*1H3,(H,2,3,4);2*1H2. The molecule has 8 N–H and O–H groups in total. The fourth-order valence-corrected chi connectivity index (χ4v) is 3.39. The highest BCUT2D eigenvalue weighted by atomic mass is 32.2. The van der Waals surface area contributed by atoms with Crippen LogP contribution in [0.25, 0.3) is 33.2 Å². The van der Waals surface area contributed by atoms with Crippen LogP contribution in [-0.2, 0) is 20.2 Å². The highest BCUT2D eigenvalue weighted by Gasteiger charge is 2.13. The number of hydrogen-bond acceptors (Lipinski definition) is 10. The molecule has 228 valence electrons. The number of benzene rings is 2. The first-order valence-electron chi connectivity index (χ1n) is 11.6. The molecule has 0 saturated carbocycles. The van der Waals surface area contributed by atoms with Crippen molar-refractivity contribution in [2.24, 2.45) is 0 Å². The van der Waals surface area contributed by atoms with E-state index in [2.05, 4.69) is 48.4 Å². The molecule has 0 saturated heterocycles. The van der Waals surface area contributed by atoms with Gasteiger partial charge in [-0.1, -0.05) is 30.3 Å². The molecule has 15 nitrogen and oxygen atoms in total. The van der Waals surface area contributed by atoms with Crippen molar-refractivity contribution >= 4 is 53.9 Å². The Bertz CT molecular complexity index is 1770. The lowest BCUT2D eigenvalue weighted by Gasteiger charge is -2.12. The van der Waals surface area contributed by atoms with Gasteiger partial charge in [0.1, 0.15) is 5.52 Å². The second-order valence-electron chi connectivity index (χ2n) is 8.67. The van der Waals surface area contributed by atoms with E-state index < -0.39 is 20.2 Å². The molecular formula is C25H32N6O9S2. The first-order chi connectivity index (χ1) is 18.7. The van der Waals surface area contributed by atoms with Crippen LogP contribution in [-0.4, -0.2) is 80.4 Å². The van der Waals surface area contributed by atoms with E-state index in [-0.39, 0.29) is 17.1 Å². The summed E-state index contributed by atoms with van der Waals surface area (Å²) in [5, 5.41) is 4.34. The molecule has 17 heteroatoms. The third kappa shape index (κ3) is 11.7. The quantitative estimate of drug-likeness (QED) is 0.205. The van der Waals surface area contributed by atoms with E-state index >= 15 is 0 Å². The van der Waals surface area contributed by atoms with Crippen LogP contribution in [0.15, 0.2) is 67.1 Å². The molecule has 0 atom stereocenters. The Morgan fingerprint density at radius 3 is 2.10 bits per heavy atom. The number of aromatic nitrogens is 5. The Kier molecular flexibility index (Phi) is 12.9. The number of anilines is 2. The van der Waals surface area contributed by atoms with Gasteiger partial charge in [-0.05, 0) is 49.2 Å². The van der Waals surface area contributed by atoms with Gasteiger partial charge in [-0.25, -0.2) is 4.98 Å². The molecule has 0 bridgehead atoms. The van der Waals surface area contributed by atoms with Gasteiger partial charge in [0, 0.05) is 17.3 Å². The second kappa shape index (κ2) is 15.1. The zero-order valence-electron chi connectivity index (χ0n) is 23.0. The third-order valence-corrected chi connectivity index (χ3v) is 4.68. The number of hydrogen-bond donors (Lipinski definition) is 4. The number of aromatic amines is 1. The average Bonchev–Trinajstić information content (AvgIpc) is 3.31. The molecule has 5 rings (SSSR count). The van der Waals surface area contributed by atoms with Crippen molar-refractivity contribution in [1.82, 2.24) is 24.9 Å². The Hall–Kier alpha value is -4.26. The summed E-state index contributed by atoms with van der Waals surface area (Å²) in [6.45, 7) is 3.91. The molecule has 0 amide bonds. The Morgan fingerprint density at radius 1 is 0.881 bits per heavy atom. The molecule has 3 aromatic heterocycles. The summed E-state index contributed by atoms with van der Waals surface area (Å²) < 4.78 is 57.6. The number of nitrogens with one attached hydrogen (secondary N) is 2. The zero-order chi connectivity index (χ0) is 29.5. The fourth-order valence-electron chi connectivity index (χ4n) is 3.39. The molecule has 42 heavy (non-hydrogen) atoms. The van der Waals surface area contributed by atoms with E-state index in [1.807, 2.05) is 56.4 Å². The number of imidazole rings is 1. The zero-order valence-corrected chi connectivity index (χ0v) is 24.6. The van der Waals surface area contributed by atoms with Gasteiger partial charge in [-0.3, -0.25) is 14.1 Å². The van der Waals surface area contributed by atoms with Crippen molar-refractivity contribution in [2.45, 2.75) is 20.0 Å². The number of fused-ring (bicyclic) bond motifs is 2. The van der Waals surface area contributed by atoms with E-state index in [0.29, 0.717) is 35.5 Å². The maximum atomic E-state index is 9.19. The van der Waals surface area contributed by atoms with Crippen LogP contribution in [0.3, 0.4) is 0 Å². The predicted octanol–water partition coefficient (Wildman–Crippen LogP) is 2.46. The van der Waals surface area contributed by atoms with E-state index in [9.17, 15) is 16.8 Å². The molecule has 0 aliphatic heterocycles. The highest BCUT2D eigenvalue weighted by molar-refractivity contribution is 7.85. The molecule has 3 heterocycles. The minimum absolute atomic E-state index is 0. The third-order valence-electron chi connectivity index (χ3n) is 4.68. The van der Waals surface area contributed by atoms with Gasteiger partial charge < -0.3 is 26.0 Å². The Morgan fingerprint density at radius 2 is 1.50 bits per heavy atom. The summed E-state index contributed by atoms with van der Waals surface area (Å²) in [4.78, 5) is 20.8. The predicted molar refractivity (Wildman–Crippen MR) is 160 cm³/mol. The first kappa shape index (κ1) is 35.8. The lowest BCUT2D eigenvalue weighted by atomic mass is 10.0. The van der Waals surface area contributed by atoms with Crippen LogP contribution in [0.5, 0.6) is 5.88 Å². The van der Waals surface area contributed by atoms with E-state index in [1.165, 1.54) is 0 Å². The van der Waals surface area contributed by atoms with E-state index in [4.69, 9.17) is 13.8 Å². The average molecular weight is 625 g/mol. The van der Waals surface area contributed by atoms with Crippen molar-refractivity contribution in [3.8, 4) is 17.0 Å². The molecule has 0 radical (unpaired) electrons. The summed E-state index contributed by atoms with van der Waals surface area (Å²) in [5.74, 6) is 0.900. The molecule has 2 aromatic carbocycles. The van der Waals surface area contributed by atoms with Gasteiger partial charge in [-0.2, -0.15) is 26.8 Å². The first-order valence-corrected chi connectivity index (χ1v) is 15.3. The van der Waals surface area contributed by atoms with Crippen molar-refractivity contribution in [1.29, 1.82) is 0 Å². The largest absolute Gasteiger partial charge is 0.473 e. The number of ether oxygens (including phenoxy) is 1. The smallest absolute Gasteiger partial charge is 0.261 e. The van der Waals surface area contributed by atoms with Crippen molar-refractivity contribution < 1.29 is 41.6 Å². The van der Waals surface area contributed by atoms with Crippen molar-refractivity contribution in [2.75, 3.05) is 17.8 Å². The summed E-state index contributed by atoms with van der Waals surface area (Å²) >= 11 is 0. The molecule has 5 aromatic rings. The maximum Gasteiger partial charge on any atom is 0.261 e. The van der Waals surface area contributed by atoms with E-state index in [0.717, 1.165) is 27.7 Å². The minimum atomic E-state index is -3.67. The van der Waals surface area contributed by atoms with Gasteiger partial charge in [-0.15, -0.1) is 0 Å². The van der Waals surface area contributed by atoms with Gasteiger partial charge in [0.15, 0.2) is 5.65 Å².